The van der Waals surface area contributed by atoms with Crippen molar-refractivity contribution in [2.45, 2.75) is 6.92 Å². The first-order valence-corrected chi connectivity index (χ1v) is 11.3. The van der Waals surface area contributed by atoms with Gasteiger partial charge < -0.3 is 19.9 Å². The molecule has 32 heavy (non-hydrogen) atoms. The summed E-state index contributed by atoms with van der Waals surface area (Å²) in [6, 6.07) is 9.67. The number of anilines is 1. The maximum Gasteiger partial charge on any atom is 0.257 e. The molecule has 0 aromatic heterocycles. The number of rotatable bonds is 5. The molecule has 2 N–H and O–H groups in total. The lowest BCUT2D eigenvalue weighted by Crippen LogP contribution is -2.47. The molecule has 0 aliphatic carbocycles. The second kappa shape index (κ2) is 11.0. The summed E-state index contributed by atoms with van der Waals surface area (Å²) in [4.78, 5) is 29.3. The highest BCUT2D eigenvalue weighted by molar-refractivity contribution is 7.80. The molecule has 0 atom stereocenters. The largest absolute Gasteiger partial charge is 0.492 e. The third kappa shape index (κ3) is 6.10. The minimum Gasteiger partial charge on any atom is -0.492 e. The van der Waals surface area contributed by atoms with Gasteiger partial charge in [0.05, 0.1) is 22.3 Å². The van der Waals surface area contributed by atoms with Crippen LogP contribution in [-0.2, 0) is 0 Å². The average molecular weight is 495 g/mol. The van der Waals surface area contributed by atoms with E-state index in [1.807, 2.05) is 18.9 Å². The highest BCUT2D eigenvalue weighted by Crippen LogP contribution is 2.26. The van der Waals surface area contributed by atoms with E-state index in [2.05, 4.69) is 15.5 Å². The van der Waals surface area contributed by atoms with Gasteiger partial charge in [-0.1, -0.05) is 23.2 Å². The van der Waals surface area contributed by atoms with Gasteiger partial charge in [-0.2, -0.15) is 0 Å². The summed E-state index contributed by atoms with van der Waals surface area (Å²) in [6.07, 6.45) is 0. The molecule has 0 unspecified atom stereocenters. The lowest BCUT2D eigenvalue weighted by Gasteiger charge is -2.32. The van der Waals surface area contributed by atoms with Crippen molar-refractivity contribution < 1.29 is 14.3 Å². The summed E-state index contributed by atoms with van der Waals surface area (Å²) in [6.45, 7) is 5.31. The summed E-state index contributed by atoms with van der Waals surface area (Å²) in [7, 11) is 2.03. The number of nitrogens with one attached hydrogen (secondary N) is 2. The smallest absolute Gasteiger partial charge is 0.257 e. The minimum absolute atomic E-state index is 0.0473. The number of carbonyl (C=O) groups is 2. The van der Waals surface area contributed by atoms with E-state index in [0.29, 0.717) is 52.3 Å². The Morgan fingerprint density at radius 3 is 2.38 bits per heavy atom. The highest BCUT2D eigenvalue weighted by atomic mass is 35.5. The summed E-state index contributed by atoms with van der Waals surface area (Å²) in [5.74, 6) is -0.00919. The molecule has 3 rings (SSSR count). The molecular formula is C22H24Cl2N4O3S. The molecule has 0 saturated carbocycles. The Morgan fingerprint density at radius 1 is 1.03 bits per heavy atom. The Hall–Kier alpha value is -2.39. The Kier molecular flexibility index (Phi) is 8.31. The van der Waals surface area contributed by atoms with Gasteiger partial charge in [0.1, 0.15) is 5.75 Å². The van der Waals surface area contributed by atoms with E-state index >= 15 is 0 Å². The van der Waals surface area contributed by atoms with Crippen LogP contribution in [0.4, 0.5) is 5.69 Å². The Bertz CT molecular complexity index is 1030. The van der Waals surface area contributed by atoms with Crippen LogP contribution in [0.3, 0.4) is 0 Å². The molecule has 1 fully saturated rings. The zero-order valence-corrected chi connectivity index (χ0v) is 20.1. The van der Waals surface area contributed by atoms with Crippen molar-refractivity contribution in [1.29, 1.82) is 0 Å². The second-order valence-corrected chi connectivity index (χ2v) is 8.50. The van der Waals surface area contributed by atoms with Gasteiger partial charge in [0.25, 0.3) is 11.8 Å². The first-order chi connectivity index (χ1) is 15.3. The molecular weight excluding hydrogens is 471 g/mol. The number of benzene rings is 2. The minimum atomic E-state index is -0.437. The van der Waals surface area contributed by atoms with Crippen LogP contribution in [-0.4, -0.2) is 66.6 Å². The van der Waals surface area contributed by atoms with Gasteiger partial charge in [0.2, 0.25) is 0 Å². The van der Waals surface area contributed by atoms with Gasteiger partial charge >= 0.3 is 0 Å². The second-order valence-electron chi connectivity index (χ2n) is 7.28. The van der Waals surface area contributed by atoms with E-state index in [0.717, 1.165) is 13.1 Å². The number of thiocarbonyl (C=S) groups is 1. The molecule has 7 nitrogen and oxygen atoms in total. The van der Waals surface area contributed by atoms with Gasteiger partial charge in [-0.25, -0.2) is 0 Å². The molecule has 2 amide bonds. The lowest BCUT2D eigenvalue weighted by atomic mass is 10.1. The third-order valence-corrected chi connectivity index (χ3v) is 5.80. The fourth-order valence-corrected chi connectivity index (χ4v) is 3.79. The summed E-state index contributed by atoms with van der Waals surface area (Å²) >= 11 is 17.7. The molecule has 2 aromatic carbocycles. The molecule has 1 aliphatic rings. The fourth-order valence-electron chi connectivity index (χ4n) is 3.19. The first kappa shape index (κ1) is 24.3. The molecule has 10 heteroatoms. The predicted octanol–water partition coefficient (Wildman–Crippen LogP) is 3.91. The van der Waals surface area contributed by atoms with Crippen LogP contribution in [0.5, 0.6) is 5.75 Å². The number of hydrogen-bond donors (Lipinski definition) is 2. The zero-order valence-electron chi connectivity index (χ0n) is 17.8. The molecule has 0 bridgehead atoms. The van der Waals surface area contributed by atoms with Gasteiger partial charge in [-0.15, -0.1) is 0 Å². The van der Waals surface area contributed by atoms with Crippen LogP contribution in [0.15, 0.2) is 36.4 Å². The number of piperazine rings is 1. The third-order valence-electron chi connectivity index (χ3n) is 4.97. The van der Waals surface area contributed by atoms with Gasteiger partial charge in [-0.05, 0) is 62.6 Å². The van der Waals surface area contributed by atoms with Crippen LogP contribution in [0.25, 0.3) is 0 Å². The van der Waals surface area contributed by atoms with Crippen molar-refractivity contribution in [3.8, 4) is 5.75 Å². The number of halogens is 2. The molecule has 170 valence electrons. The van der Waals surface area contributed by atoms with Crippen molar-refractivity contribution in [1.82, 2.24) is 15.1 Å². The Balaban J connectivity index is 1.65. The van der Waals surface area contributed by atoms with Crippen LogP contribution >= 0.6 is 35.4 Å². The quantitative estimate of drug-likeness (QED) is 0.613. The number of likely N-dealkylation sites (N-methyl/N-ethyl adjacent to an activating group) is 1. The standard InChI is InChI=1S/C22H24Cl2N4O3S/c1-3-31-19-7-5-14(12-17(19)24)20(29)26-22(32)25-18-13-15(4-6-16(18)23)21(30)28-10-8-27(2)9-11-28/h4-7,12-13H,3,8-11H2,1-2H3,(H2,25,26,29,32). The van der Waals surface area contributed by atoms with Crippen molar-refractivity contribution in [3.63, 3.8) is 0 Å². The molecule has 0 radical (unpaired) electrons. The maximum absolute atomic E-state index is 12.8. The van der Waals surface area contributed by atoms with E-state index in [9.17, 15) is 9.59 Å². The Labute approximate surface area is 202 Å². The van der Waals surface area contributed by atoms with E-state index < -0.39 is 5.91 Å². The van der Waals surface area contributed by atoms with Crippen LogP contribution < -0.4 is 15.4 Å². The first-order valence-electron chi connectivity index (χ1n) is 10.1. The van der Waals surface area contributed by atoms with Crippen molar-refractivity contribution in [2.24, 2.45) is 0 Å². The predicted molar refractivity (Wildman–Crippen MR) is 131 cm³/mol. The number of ether oxygens (including phenoxy) is 1. The van der Waals surface area contributed by atoms with Crippen molar-refractivity contribution >= 4 is 58.0 Å². The van der Waals surface area contributed by atoms with Crippen LogP contribution in [0, 0.1) is 0 Å². The summed E-state index contributed by atoms with van der Waals surface area (Å²) < 4.78 is 5.37. The fraction of sp³-hybridized carbons (Fsp3) is 0.318. The van der Waals surface area contributed by atoms with Gasteiger partial charge in [0.15, 0.2) is 5.11 Å². The normalized spacial score (nSPS) is 14.1. The van der Waals surface area contributed by atoms with E-state index in [1.165, 1.54) is 6.07 Å². The van der Waals surface area contributed by atoms with Gasteiger partial charge in [0, 0.05) is 37.3 Å². The van der Waals surface area contributed by atoms with Crippen molar-refractivity contribution in [3.05, 3.63) is 57.6 Å². The van der Waals surface area contributed by atoms with Crippen LogP contribution in [0.1, 0.15) is 27.6 Å². The summed E-state index contributed by atoms with van der Waals surface area (Å²) in [5, 5.41) is 6.24. The highest BCUT2D eigenvalue weighted by Gasteiger charge is 2.21. The molecule has 1 heterocycles. The molecule has 1 saturated heterocycles. The zero-order chi connectivity index (χ0) is 23.3. The number of nitrogens with zero attached hydrogens (tertiary/aromatic N) is 2. The monoisotopic (exact) mass is 494 g/mol. The maximum atomic E-state index is 12.8. The lowest BCUT2D eigenvalue weighted by molar-refractivity contribution is 0.0664. The van der Waals surface area contributed by atoms with E-state index in [4.69, 9.17) is 40.2 Å². The van der Waals surface area contributed by atoms with E-state index in [-0.39, 0.29) is 11.0 Å². The number of hydrogen-bond acceptors (Lipinski definition) is 5. The summed E-state index contributed by atoms with van der Waals surface area (Å²) in [5.41, 5.74) is 1.25. The van der Waals surface area contributed by atoms with Gasteiger partial charge in [-0.3, -0.25) is 14.9 Å². The Morgan fingerprint density at radius 2 is 1.72 bits per heavy atom. The molecule has 1 aliphatic heterocycles. The van der Waals surface area contributed by atoms with Crippen LogP contribution in [0.2, 0.25) is 10.0 Å². The average Bonchev–Trinajstić information content (AvgIpc) is 2.76. The topological polar surface area (TPSA) is 73.9 Å². The number of carbonyl (C=O) groups excluding carboxylic acids is 2. The molecule has 2 aromatic rings. The van der Waals surface area contributed by atoms with E-state index in [1.54, 1.807) is 30.3 Å². The molecule has 0 spiro atoms. The number of amides is 2. The SMILES string of the molecule is CCOc1ccc(C(=O)NC(=S)Nc2cc(C(=O)N3CCN(C)CC3)ccc2Cl)cc1Cl. The van der Waals surface area contributed by atoms with Crippen molar-refractivity contribution in [2.75, 3.05) is 45.2 Å².